The zero-order valence-corrected chi connectivity index (χ0v) is 14.0. The van der Waals surface area contributed by atoms with Crippen LogP contribution in [0.25, 0.3) is 0 Å². The molecule has 0 fully saturated rings. The largest absolute Gasteiger partial charge is 0.484 e. The lowest BCUT2D eigenvalue weighted by Gasteiger charge is -2.14. The van der Waals surface area contributed by atoms with Gasteiger partial charge in [0.15, 0.2) is 0 Å². The Bertz CT molecular complexity index is 182. The van der Waals surface area contributed by atoms with Gasteiger partial charge in [-0.2, -0.15) is 0 Å². The number of unbranched alkanes of at least 4 members (excludes halogenated alkanes) is 7. The molecule has 0 heterocycles. The van der Waals surface area contributed by atoms with Crippen molar-refractivity contribution in [1.29, 1.82) is 0 Å². The minimum atomic E-state index is -1.82. The Morgan fingerprint density at radius 3 is 1.84 bits per heavy atom. The predicted molar refractivity (Wildman–Crippen MR) is 83.5 cm³/mol. The highest BCUT2D eigenvalue weighted by atomic mass is 28.3. The molecule has 0 aliphatic rings. The van der Waals surface area contributed by atoms with Crippen LogP contribution in [0.15, 0.2) is 12.7 Å². The van der Waals surface area contributed by atoms with Gasteiger partial charge < -0.3 is 13.3 Å². The van der Waals surface area contributed by atoms with Crippen LogP contribution in [-0.2, 0) is 13.3 Å². The van der Waals surface area contributed by atoms with Crippen molar-refractivity contribution in [2.24, 2.45) is 0 Å². The van der Waals surface area contributed by atoms with E-state index in [1.54, 1.807) is 0 Å². The molecule has 0 atom stereocenters. The zero-order chi connectivity index (χ0) is 14.2. The van der Waals surface area contributed by atoms with Crippen LogP contribution >= 0.6 is 0 Å². The fourth-order valence-electron chi connectivity index (χ4n) is 1.87. The van der Waals surface area contributed by atoms with E-state index in [4.69, 9.17) is 13.3 Å². The first-order valence-corrected chi connectivity index (χ1v) is 9.22. The van der Waals surface area contributed by atoms with Crippen molar-refractivity contribution >= 4 is 9.53 Å². The Morgan fingerprint density at radius 2 is 1.32 bits per heavy atom. The molecule has 19 heavy (non-hydrogen) atoms. The SMILES string of the molecule is C=CCCCCCCCCCO[SiH](OCC)OCC. The summed E-state index contributed by atoms with van der Waals surface area (Å²) in [7, 11) is -1.82. The first-order valence-electron chi connectivity index (χ1n) is 7.80. The van der Waals surface area contributed by atoms with E-state index < -0.39 is 9.53 Å². The number of hydrogen-bond acceptors (Lipinski definition) is 3. The second-order valence-electron chi connectivity index (χ2n) is 4.62. The van der Waals surface area contributed by atoms with E-state index in [1.807, 2.05) is 19.9 Å². The third-order valence-corrected chi connectivity index (χ3v) is 4.63. The van der Waals surface area contributed by atoms with Crippen LogP contribution in [0.3, 0.4) is 0 Å². The molecule has 0 saturated carbocycles. The van der Waals surface area contributed by atoms with Crippen LogP contribution < -0.4 is 0 Å². The standard InChI is InChI=1S/C15H32O3Si/c1-4-7-8-9-10-11-12-13-14-15-18-19(16-5-2)17-6-3/h4,19H,1,5-15H2,2-3H3. The van der Waals surface area contributed by atoms with Crippen LogP contribution in [0.2, 0.25) is 0 Å². The molecular weight excluding hydrogens is 256 g/mol. The Labute approximate surface area is 121 Å². The summed E-state index contributed by atoms with van der Waals surface area (Å²) in [4.78, 5) is 0. The fraction of sp³-hybridized carbons (Fsp3) is 0.867. The summed E-state index contributed by atoms with van der Waals surface area (Å²) >= 11 is 0. The van der Waals surface area contributed by atoms with Crippen LogP contribution in [0.1, 0.15) is 65.2 Å². The number of rotatable bonds is 15. The quantitative estimate of drug-likeness (QED) is 0.258. The molecule has 0 aliphatic heterocycles. The smallest absolute Gasteiger partial charge is 0.376 e. The molecule has 0 aromatic rings. The van der Waals surface area contributed by atoms with Crippen LogP contribution in [0.4, 0.5) is 0 Å². The van der Waals surface area contributed by atoms with Crippen molar-refractivity contribution in [2.75, 3.05) is 19.8 Å². The summed E-state index contributed by atoms with van der Waals surface area (Å²) in [5, 5.41) is 0. The molecule has 4 heteroatoms. The molecule has 0 saturated heterocycles. The third kappa shape index (κ3) is 14.1. The van der Waals surface area contributed by atoms with Gasteiger partial charge in [-0.3, -0.25) is 0 Å². The average Bonchev–Trinajstić information content (AvgIpc) is 2.41. The second-order valence-corrected chi connectivity index (χ2v) is 6.20. The number of allylic oxidation sites excluding steroid dienone is 1. The summed E-state index contributed by atoms with van der Waals surface area (Å²) in [5.41, 5.74) is 0. The first-order chi connectivity index (χ1) is 9.35. The minimum Gasteiger partial charge on any atom is -0.376 e. The topological polar surface area (TPSA) is 27.7 Å². The molecule has 0 unspecified atom stereocenters. The minimum absolute atomic E-state index is 0.682. The van der Waals surface area contributed by atoms with Gasteiger partial charge in [0.1, 0.15) is 0 Å². The van der Waals surface area contributed by atoms with Gasteiger partial charge in [0.2, 0.25) is 0 Å². The molecule has 0 N–H and O–H groups in total. The van der Waals surface area contributed by atoms with E-state index in [1.165, 1.54) is 38.5 Å². The molecule has 0 radical (unpaired) electrons. The third-order valence-electron chi connectivity index (χ3n) is 2.91. The van der Waals surface area contributed by atoms with E-state index in [9.17, 15) is 0 Å². The van der Waals surface area contributed by atoms with Gasteiger partial charge in [0, 0.05) is 19.8 Å². The Balaban J connectivity index is 3.22. The summed E-state index contributed by atoms with van der Waals surface area (Å²) in [6.07, 6.45) is 12.2. The van der Waals surface area contributed by atoms with Crippen molar-refractivity contribution < 1.29 is 13.3 Å². The molecule has 0 aromatic carbocycles. The van der Waals surface area contributed by atoms with Gasteiger partial charge in [-0.1, -0.05) is 38.2 Å². The Morgan fingerprint density at radius 1 is 0.789 bits per heavy atom. The predicted octanol–water partition coefficient (Wildman–Crippen LogP) is 4.10. The molecule has 0 rings (SSSR count). The van der Waals surface area contributed by atoms with E-state index in [2.05, 4.69) is 6.58 Å². The van der Waals surface area contributed by atoms with Crippen molar-refractivity contribution in [2.45, 2.75) is 65.2 Å². The molecular formula is C15H32O3Si. The van der Waals surface area contributed by atoms with Crippen LogP contribution in [0.5, 0.6) is 0 Å². The molecule has 0 spiro atoms. The van der Waals surface area contributed by atoms with Crippen molar-refractivity contribution in [3.05, 3.63) is 12.7 Å². The lowest BCUT2D eigenvalue weighted by atomic mass is 10.1. The van der Waals surface area contributed by atoms with Gasteiger partial charge in [-0.15, -0.1) is 6.58 Å². The van der Waals surface area contributed by atoms with Gasteiger partial charge >= 0.3 is 9.53 Å². The molecule has 0 aromatic heterocycles. The maximum absolute atomic E-state index is 5.67. The summed E-state index contributed by atoms with van der Waals surface area (Å²) in [6, 6.07) is 0. The van der Waals surface area contributed by atoms with Gasteiger partial charge in [0.05, 0.1) is 0 Å². The lowest BCUT2D eigenvalue weighted by molar-refractivity contribution is 0.100. The van der Waals surface area contributed by atoms with Crippen LogP contribution in [0, 0.1) is 0 Å². The average molecular weight is 289 g/mol. The number of hydrogen-bond donors (Lipinski definition) is 0. The lowest BCUT2D eigenvalue weighted by Crippen LogP contribution is -2.27. The van der Waals surface area contributed by atoms with Gasteiger partial charge in [0.25, 0.3) is 0 Å². The molecule has 3 nitrogen and oxygen atoms in total. The van der Waals surface area contributed by atoms with E-state index in [0.717, 1.165) is 19.4 Å². The monoisotopic (exact) mass is 288 g/mol. The second kappa shape index (κ2) is 15.9. The first kappa shape index (κ1) is 18.8. The molecule has 114 valence electrons. The highest BCUT2D eigenvalue weighted by Gasteiger charge is 2.12. The van der Waals surface area contributed by atoms with Crippen molar-refractivity contribution in [3.8, 4) is 0 Å². The maximum Gasteiger partial charge on any atom is 0.484 e. The highest BCUT2D eigenvalue weighted by molar-refractivity contribution is 6.36. The Hall–Kier alpha value is -0.163. The highest BCUT2D eigenvalue weighted by Crippen LogP contribution is 2.09. The molecule has 0 bridgehead atoms. The fourth-order valence-corrected chi connectivity index (χ4v) is 3.06. The maximum atomic E-state index is 5.67. The van der Waals surface area contributed by atoms with Gasteiger partial charge in [-0.25, -0.2) is 0 Å². The molecule has 0 amide bonds. The summed E-state index contributed by atoms with van der Waals surface area (Å²) in [6.45, 7) is 9.85. The van der Waals surface area contributed by atoms with Gasteiger partial charge in [-0.05, 0) is 33.1 Å². The Kier molecular flexibility index (Phi) is 15.8. The van der Waals surface area contributed by atoms with E-state index in [-0.39, 0.29) is 0 Å². The zero-order valence-electron chi connectivity index (χ0n) is 12.9. The van der Waals surface area contributed by atoms with Crippen molar-refractivity contribution in [1.82, 2.24) is 0 Å². The summed E-state index contributed by atoms with van der Waals surface area (Å²) < 4.78 is 16.6. The van der Waals surface area contributed by atoms with E-state index in [0.29, 0.717) is 13.2 Å². The summed E-state index contributed by atoms with van der Waals surface area (Å²) in [5.74, 6) is 0. The van der Waals surface area contributed by atoms with Crippen LogP contribution in [-0.4, -0.2) is 29.3 Å². The van der Waals surface area contributed by atoms with E-state index >= 15 is 0 Å². The normalized spacial score (nSPS) is 11.1. The molecule has 0 aliphatic carbocycles. The van der Waals surface area contributed by atoms with Crippen molar-refractivity contribution in [3.63, 3.8) is 0 Å².